The molecule has 7 nitrogen and oxygen atoms in total. The molecule has 1 amide bonds. The van der Waals surface area contributed by atoms with Crippen LogP contribution in [0.3, 0.4) is 0 Å². The van der Waals surface area contributed by atoms with E-state index in [1.807, 2.05) is 78.2 Å². The molecule has 0 saturated carbocycles. The molecule has 4 rings (SSSR count). The molecule has 0 fully saturated rings. The largest absolute Gasteiger partial charge is 0.497 e. The maximum Gasteiger partial charge on any atom is 0.231 e. The van der Waals surface area contributed by atoms with E-state index < -0.39 is 0 Å². The molecule has 0 spiro atoms. The molecule has 4 aromatic rings. The average Bonchev–Trinajstić information content (AvgIpc) is 3.51. The topological polar surface area (TPSA) is 82.2 Å². The molecule has 32 heavy (non-hydrogen) atoms. The fourth-order valence-electron chi connectivity index (χ4n) is 3.40. The number of nitrogens with zero attached hydrogens (tertiary/aromatic N) is 3. The molecule has 2 aromatic carbocycles. The molecule has 0 aliphatic rings. The van der Waals surface area contributed by atoms with E-state index >= 15 is 0 Å². The summed E-state index contributed by atoms with van der Waals surface area (Å²) in [4.78, 5) is 12.9. The number of carbonyl (C=O) groups excluding carboxylic acids is 1. The third-order valence-corrected chi connectivity index (χ3v) is 5.96. The first-order valence-corrected chi connectivity index (χ1v) is 11.3. The zero-order chi connectivity index (χ0) is 22.3. The van der Waals surface area contributed by atoms with Crippen LogP contribution in [-0.2, 0) is 11.3 Å². The third-order valence-electron chi connectivity index (χ3n) is 4.99. The summed E-state index contributed by atoms with van der Waals surface area (Å²) < 4.78 is 12.6. The number of ether oxygens (including phenoxy) is 1. The molecule has 0 radical (unpaired) electrons. The number of aromatic nitrogens is 3. The van der Waals surface area contributed by atoms with Crippen molar-refractivity contribution in [2.24, 2.45) is 0 Å². The van der Waals surface area contributed by atoms with Gasteiger partial charge in [-0.05, 0) is 42.3 Å². The van der Waals surface area contributed by atoms with Gasteiger partial charge in [0.2, 0.25) is 5.91 Å². The highest BCUT2D eigenvalue weighted by Gasteiger charge is 2.19. The lowest BCUT2D eigenvalue weighted by atomic mass is 9.98. The van der Waals surface area contributed by atoms with Crippen LogP contribution in [0.1, 0.15) is 24.1 Å². The number of hydrogen-bond donors (Lipinski definition) is 1. The van der Waals surface area contributed by atoms with Crippen LogP contribution < -0.4 is 10.1 Å². The minimum Gasteiger partial charge on any atom is -0.497 e. The van der Waals surface area contributed by atoms with Gasteiger partial charge in [0, 0.05) is 6.54 Å². The fourth-order valence-corrected chi connectivity index (χ4v) is 4.22. The van der Waals surface area contributed by atoms with Gasteiger partial charge >= 0.3 is 0 Å². The van der Waals surface area contributed by atoms with Crippen molar-refractivity contribution in [2.75, 3.05) is 12.9 Å². The Morgan fingerprint density at radius 3 is 2.47 bits per heavy atom. The number of methoxy groups -OCH3 is 1. The smallest absolute Gasteiger partial charge is 0.231 e. The average molecular weight is 449 g/mol. The zero-order valence-electron chi connectivity index (χ0n) is 17.9. The van der Waals surface area contributed by atoms with Crippen molar-refractivity contribution in [3.8, 4) is 17.3 Å². The van der Waals surface area contributed by atoms with E-state index in [9.17, 15) is 4.79 Å². The van der Waals surface area contributed by atoms with Gasteiger partial charge in [0.25, 0.3) is 0 Å². The summed E-state index contributed by atoms with van der Waals surface area (Å²) >= 11 is 1.35. The fraction of sp³-hybridized carbons (Fsp3) is 0.208. The Hall–Kier alpha value is -3.52. The molecule has 8 heteroatoms. The third kappa shape index (κ3) is 4.86. The SMILES string of the molecule is CCn1c(SCC(=O)NC(c2ccccc2)c2ccc(OC)cc2)nnc1-c1ccco1. The zero-order valence-corrected chi connectivity index (χ0v) is 18.7. The van der Waals surface area contributed by atoms with Crippen LogP contribution in [0, 0.1) is 0 Å². The van der Waals surface area contributed by atoms with Crippen LogP contribution >= 0.6 is 11.8 Å². The van der Waals surface area contributed by atoms with E-state index in [2.05, 4.69) is 15.5 Å². The lowest BCUT2D eigenvalue weighted by Crippen LogP contribution is -2.30. The number of amides is 1. The maximum absolute atomic E-state index is 12.9. The van der Waals surface area contributed by atoms with Crippen LogP contribution in [0.2, 0.25) is 0 Å². The second-order valence-corrected chi connectivity index (χ2v) is 7.94. The number of benzene rings is 2. The Labute approximate surface area is 190 Å². The summed E-state index contributed by atoms with van der Waals surface area (Å²) in [5.74, 6) is 2.20. The molecule has 2 heterocycles. The van der Waals surface area contributed by atoms with E-state index in [4.69, 9.17) is 9.15 Å². The number of nitrogens with one attached hydrogen (secondary N) is 1. The monoisotopic (exact) mass is 448 g/mol. The molecule has 0 aliphatic carbocycles. The summed E-state index contributed by atoms with van der Waals surface area (Å²) in [5.41, 5.74) is 1.99. The Morgan fingerprint density at radius 2 is 1.81 bits per heavy atom. The van der Waals surface area contributed by atoms with Crippen molar-refractivity contribution >= 4 is 17.7 Å². The molecule has 1 atom stereocenters. The van der Waals surface area contributed by atoms with E-state index in [-0.39, 0.29) is 17.7 Å². The number of hydrogen-bond acceptors (Lipinski definition) is 6. The summed E-state index contributed by atoms with van der Waals surface area (Å²) in [6.07, 6.45) is 1.60. The van der Waals surface area contributed by atoms with Crippen LogP contribution in [0.15, 0.2) is 82.6 Å². The Morgan fingerprint density at radius 1 is 1.06 bits per heavy atom. The first-order valence-electron chi connectivity index (χ1n) is 10.3. The molecule has 0 bridgehead atoms. The minimum atomic E-state index is -0.266. The van der Waals surface area contributed by atoms with Crippen LogP contribution in [-0.4, -0.2) is 33.5 Å². The highest BCUT2D eigenvalue weighted by atomic mass is 32.2. The highest BCUT2D eigenvalue weighted by molar-refractivity contribution is 7.99. The first-order chi connectivity index (χ1) is 15.7. The van der Waals surface area contributed by atoms with Gasteiger partial charge in [0.1, 0.15) is 5.75 Å². The van der Waals surface area contributed by atoms with Gasteiger partial charge in [-0.1, -0.05) is 54.2 Å². The second-order valence-electron chi connectivity index (χ2n) is 7.00. The quantitative estimate of drug-likeness (QED) is 0.378. The maximum atomic E-state index is 12.9. The predicted octanol–water partition coefficient (Wildman–Crippen LogP) is 4.56. The van der Waals surface area contributed by atoms with Gasteiger partial charge in [-0.15, -0.1) is 10.2 Å². The van der Waals surface area contributed by atoms with Gasteiger partial charge in [-0.25, -0.2) is 0 Å². The Bertz CT molecular complexity index is 1140. The van der Waals surface area contributed by atoms with Crippen molar-refractivity contribution in [1.82, 2.24) is 20.1 Å². The van der Waals surface area contributed by atoms with Crippen LogP contribution in [0.25, 0.3) is 11.6 Å². The second kappa shape index (κ2) is 10.2. The van der Waals surface area contributed by atoms with Crippen molar-refractivity contribution in [1.29, 1.82) is 0 Å². The lowest BCUT2D eigenvalue weighted by molar-refractivity contribution is -0.119. The molecule has 1 unspecified atom stereocenters. The van der Waals surface area contributed by atoms with Gasteiger partial charge in [-0.2, -0.15) is 0 Å². The first kappa shape index (κ1) is 21.7. The van der Waals surface area contributed by atoms with Gasteiger partial charge < -0.3 is 14.5 Å². The van der Waals surface area contributed by atoms with Gasteiger partial charge in [-0.3, -0.25) is 9.36 Å². The molecule has 0 saturated heterocycles. The molecule has 0 aliphatic heterocycles. The van der Waals surface area contributed by atoms with Crippen LogP contribution in [0.4, 0.5) is 0 Å². The van der Waals surface area contributed by atoms with Crippen molar-refractivity contribution in [3.05, 3.63) is 84.1 Å². The minimum absolute atomic E-state index is 0.0927. The number of thioether (sulfide) groups is 1. The van der Waals surface area contributed by atoms with E-state index in [1.54, 1.807) is 13.4 Å². The van der Waals surface area contributed by atoms with E-state index in [0.717, 1.165) is 16.9 Å². The van der Waals surface area contributed by atoms with E-state index in [0.29, 0.717) is 23.3 Å². The van der Waals surface area contributed by atoms with Crippen molar-refractivity contribution in [2.45, 2.75) is 24.7 Å². The molecule has 2 aromatic heterocycles. The van der Waals surface area contributed by atoms with Crippen molar-refractivity contribution in [3.63, 3.8) is 0 Å². The van der Waals surface area contributed by atoms with Gasteiger partial charge in [0.15, 0.2) is 16.7 Å². The Kier molecular flexibility index (Phi) is 6.91. The van der Waals surface area contributed by atoms with Crippen molar-refractivity contribution < 1.29 is 13.9 Å². The lowest BCUT2D eigenvalue weighted by Gasteiger charge is -2.20. The highest BCUT2D eigenvalue weighted by Crippen LogP contribution is 2.26. The molecular formula is C24H24N4O3S. The van der Waals surface area contributed by atoms with Gasteiger partial charge in [0.05, 0.1) is 25.2 Å². The Balaban J connectivity index is 1.48. The number of carbonyl (C=O) groups is 1. The molecule has 164 valence electrons. The summed E-state index contributed by atoms with van der Waals surface area (Å²) in [6, 6.07) is 21.0. The number of rotatable bonds is 9. The molecular weight excluding hydrogens is 424 g/mol. The normalized spacial score (nSPS) is 11.8. The summed E-state index contributed by atoms with van der Waals surface area (Å²) in [5, 5.41) is 12.3. The number of furan rings is 1. The van der Waals surface area contributed by atoms with E-state index in [1.165, 1.54) is 11.8 Å². The predicted molar refractivity (Wildman–Crippen MR) is 124 cm³/mol. The standard InChI is InChI=1S/C24H24N4O3S/c1-3-28-23(20-10-7-15-31-20)26-27-24(28)32-16-21(29)25-22(17-8-5-4-6-9-17)18-11-13-19(30-2)14-12-18/h4-15,22H,3,16H2,1-2H3,(H,25,29). The van der Waals surface area contributed by atoms with Crippen LogP contribution in [0.5, 0.6) is 5.75 Å². The summed E-state index contributed by atoms with van der Waals surface area (Å²) in [6.45, 7) is 2.68. The molecule has 1 N–H and O–H groups in total. The summed E-state index contributed by atoms with van der Waals surface area (Å²) in [7, 11) is 1.63.